The van der Waals surface area contributed by atoms with E-state index in [1.54, 1.807) is 24.3 Å². The van der Waals surface area contributed by atoms with Crippen molar-refractivity contribution in [2.45, 2.75) is 31.9 Å². The summed E-state index contributed by atoms with van der Waals surface area (Å²) in [4.78, 5) is 22.6. The van der Waals surface area contributed by atoms with Crippen LogP contribution in [0.5, 0.6) is 5.75 Å². The minimum Gasteiger partial charge on any atom is -0.479 e. The summed E-state index contributed by atoms with van der Waals surface area (Å²) in [6, 6.07) is 8.63. The van der Waals surface area contributed by atoms with Crippen LogP contribution in [0.1, 0.15) is 25.3 Å². The Morgan fingerprint density at radius 1 is 1.50 bits per heavy atom. The summed E-state index contributed by atoms with van der Waals surface area (Å²) >= 11 is 0. The lowest BCUT2D eigenvalue weighted by Gasteiger charge is -2.10. The fourth-order valence-corrected chi connectivity index (χ4v) is 1.74. The van der Waals surface area contributed by atoms with E-state index in [1.165, 1.54) is 13.0 Å². The topological polar surface area (TPSA) is 99.4 Å². The van der Waals surface area contributed by atoms with Gasteiger partial charge in [0.2, 0.25) is 0 Å². The van der Waals surface area contributed by atoms with Crippen LogP contribution >= 0.6 is 0 Å². The highest BCUT2D eigenvalue weighted by Gasteiger charge is 2.24. The monoisotopic (exact) mass is 300 g/mol. The molecule has 1 aliphatic carbocycles. The number of nitrogens with one attached hydrogen (secondary N) is 1. The first-order valence-corrected chi connectivity index (χ1v) is 6.92. The van der Waals surface area contributed by atoms with Crippen LogP contribution in [-0.2, 0) is 9.59 Å². The summed E-state index contributed by atoms with van der Waals surface area (Å²) in [5, 5.41) is 20.7. The van der Waals surface area contributed by atoms with Gasteiger partial charge in [-0.1, -0.05) is 12.1 Å². The number of nitrogens with zero attached hydrogens (tertiary/aromatic N) is 1. The average Bonchev–Trinajstić information content (AvgIpc) is 3.28. The summed E-state index contributed by atoms with van der Waals surface area (Å²) in [7, 11) is 0. The van der Waals surface area contributed by atoms with Gasteiger partial charge in [0.05, 0.1) is 0 Å². The fourth-order valence-electron chi connectivity index (χ4n) is 1.74. The highest BCUT2D eigenvalue weighted by Crippen LogP contribution is 2.20. The van der Waals surface area contributed by atoms with Gasteiger partial charge in [-0.2, -0.15) is 5.26 Å². The van der Waals surface area contributed by atoms with Crippen LogP contribution in [0.25, 0.3) is 6.08 Å². The first kappa shape index (κ1) is 15.6. The predicted molar refractivity (Wildman–Crippen MR) is 78.9 cm³/mol. The molecule has 0 bridgehead atoms. The van der Waals surface area contributed by atoms with Crippen molar-refractivity contribution >= 4 is 18.0 Å². The Labute approximate surface area is 128 Å². The molecule has 1 aromatic rings. The van der Waals surface area contributed by atoms with Gasteiger partial charge in [0.1, 0.15) is 17.4 Å². The third-order valence-corrected chi connectivity index (χ3v) is 3.11. The molecule has 2 rings (SSSR count). The minimum absolute atomic E-state index is 0.00957. The molecule has 0 heterocycles. The quantitative estimate of drug-likeness (QED) is 0.615. The van der Waals surface area contributed by atoms with Gasteiger partial charge in [0, 0.05) is 6.04 Å². The van der Waals surface area contributed by atoms with E-state index < -0.39 is 18.0 Å². The highest BCUT2D eigenvalue weighted by atomic mass is 16.5. The number of carboxylic acid groups (broad SMARTS) is 1. The standard InChI is InChI=1S/C16H16N2O4/c1-10(16(20)21)22-14-4-2-3-11(8-14)7-12(9-17)15(19)18-13-5-6-13/h2-4,7-8,10,13H,5-6H2,1H3,(H,18,19)(H,20,21)/b12-7+/t10-/m1/s1. The van der Waals surface area contributed by atoms with E-state index in [0.717, 1.165) is 12.8 Å². The number of carbonyl (C=O) groups excluding carboxylic acids is 1. The molecule has 0 aliphatic heterocycles. The van der Waals surface area contributed by atoms with Gasteiger partial charge in [-0.3, -0.25) is 4.79 Å². The molecule has 114 valence electrons. The van der Waals surface area contributed by atoms with Crippen LogP contribution in [0, 0.1) is 11.3 Å². The molecule has 1 aromatic carbocycles. The second-order valence-electron chi connectivity index (χ2n) is 5.09. The number of ether oxygens (including phenoxy) is 1. The average molecular weight is 300 g/mol. The number of aliphatic carboxylic acids is 1. The first-order valence-electron chi connectivity index (χ1n) is 6.92. The summed E-state index contributed by atoms with van der Waals surface area (Å²) in [6.45, 7) is 1.43. The summed E-state index contributed by atoms with van der Waals surface area (Å²) < 4.78 is 5.25. The molecule has 0 saturated heterocycles. The van der Waals surface area contributed by atoms with Crippen LogP contribution in [0.3, 0.4) is 0 Å². The zero-order chi connectivity index (χ0) is 16.1. The van der Waals surface area contributed by atoms with Crippen molar-refractivity contribution < 1.29 is 19.4 Å². The Morgan fingerprint density at radius 3 is 2.82 bits per heavy atom. The number of rotatable bonds is 6. The van der Waals surface area contributed by atoms with E-state index in [1.807, 2.05) is 6.07 Å². The number of carbonyl (C=O) groups is 2. The van der Waals surface area contributed by atoms with Gasteiger partial charge in [-0.25, -0.2) is 4.79 Å². The summed E-state index contributed by atoms with van der Waals surface area (Å²) in [5.41, 5.74) is 0.605. The molecule has 0 spiro atoms. The molecular formula is C16H16N2O4. The van der Waals surface area contributed by atoms with Gasteiger partial charge in [-0.15, -0.1) is 0 Å². The molecule has 1 aliphatic rings. The number of amides is 1. The third-order valence-electron chi connectivity index (χ3n) is 3.11. The van der Waals surface area contributed by atoms with Gasteiger partial charge in [-0.05, 0) is 43.5 Å². The predicted octanol–water partition coefficient (Wildman–Crippen LogP) is 1.72. The largest absolute Gasteiger partial charge is 0.479 e. The molecule has 0 radical (unpaired) electrons. The maximum atomic E-state index is 11.9. The smallest absolute Gasteiger partial charge is 0.344 e. The van der Waals surface area contributed by atoms with E-state index in [2.05, 4.69) is 5.32 Å². The number of hydrogen-bond donors (Lipinski definition) is 2. The molecule has 0 unspecified atom stereocenters. The second-order valence-corrected chi connectivity index (χ2v) is 5.09. The maximum Gasteiger partial charge on any atom is 0.344 e. The third kappa shape index (κ3) is 4.35. The van der Waals surface area contributed by atoms with Gasteiger partial charge < -0.3 is 15.2 Å². The Hall–Kier alpha value is -2.81. The van der Waals surface area contributed by atoms with Gasteiger partial charge >= 0.3 is 5.97 Å². The Balaban J connectivity index is 2.13. The molecule has 6 heteroatoms. The zero-order valence-electron chi connectivity index (χ0n) is 12.1. The second kappa shape index (κ2) is 6.76. The normalized spacial score (nSPS) is 15.5. The zero-order valence-corrected chi connectivity index (χ0v) is 12.1. The van der Waals surface area contributed by atoms with E-state index >= 15 is 0 Å². The van der Waals surface area contributed by atoms with E-state index in [0.29, 0.717) is 11.3 Å². The van der Waals surface area contributed by atoms with Crippen molar-refractivity contribution in [2.75, 3.05) is 0 Å². The van der Waals surface area contributed by atoms with Crippen molar-refractivity contribution in [3.63, 3.8) is 0 Å². The van der Waals surface area contributed by atoms with Gasteiger partial charge in [0.15, 0.2) is 6.10 Å². The van der Waals surface area contributed by atoms with Crippen molar-refractivity contribution in [3.8, 4) is 11.8 Å². The van der Waals surface area contributed by atoms with Crippen LogP contribution in [0.15, 0.2) is 29.8 Å². The van der Waals surface area contributed by atoms with Crippen molar-refractivity contribution in [2.24, 2.45) is 0 Å². The summed E-state index contributed by atoms with van der Waals surface area (Å²) in [6.07, 6.45) is 2.37. The molecule has 2 N–H and O–H groups in total. The molecule has 0 aromatic heterocycles. The minimum atomic E-state index is -1.07. The molecule has 1 amide bonds. The van der Waals surface area contributed by atoms with Crippen LogP contribution in [-0.4, -0.2) is 29.1 Å². The molecule has 1 saturated carbocycles. The lowest BCUT2D eigenvalue weighted by Crippen LogP contribution is -2.26. The van der Waals surface area contributed by atoms with Crippen LogP contribution in [0.4, 0.5) is 0 Å². The van der Waals surface area contributed by atoms with Crippen molar-refractivity contribution in [1.82, 2.24) is 5.32 Å². The lowest BCUT2D eigenvalue weighted by molar-refractivity contribution is -0.144. The molecule has 1 fully saturated rings. The lowest BCUT2D eigenvalue weighted by atomic mass is 10.1. The fraction of sp³-hybridized carbons (Fsp3) is 0.312. The van der Waals surface area contributed by atoms with E-state index in [9.17, 15) is 9.59 Å². The van der Waals surface area contributed by atoms with Crippen molar-refractivity contribution in [3.05, 3.63) is 35.4 Å². The number of hydrogen-bond acceptors (Lipinski definition) is 4. The molecule has 1 atom stereocenters. The molecular weight excluding hydrogens is 284 g/mol. The SMILES string of the molecule is C[C@@H](Oc1cccc(/C=C(\C#N)C(=O)NC2CC2)c1)C(=O)O. The van der Waals surface area contributed by atoms with Gasteiger partial charge in [0.25, 0.3) is 5.91 Å². The van der Waals surface area contributed by atoms with Crippen LogP contribution < -0.4 is 10.1 Å². The molecule has 22 heavy (non-hydrogen) atoms. The maximum absolute atomic E-state index is 11.9. The van der Waals surface area contributed by atoms with Crippen molar-refractivity contribution in [1.29, 1.82) is 5.26 Å². The first-order chi connectivity index (χ1) is 10.5. The van der Waals surface area contributed by atoms with Crippen LogP contribution in [0.2, 0.25) is 0 Å². The number of benzene rings is 1. The van der Waals surface area contributed by atoms with E-state index in [-0.39, 0.29) is 11.6 Å². The highest BCUT2D eigenvalue weighted by molar-refractivity contribution is 6.02. The molecule has 6 nitrogen and oxygen atoms in total. The Morgan fingerprint density at radius 2 is 2.23 bits per heavy atom. The van der Waals surface area contributed by atoms with E-state index in [4.69, 9.17) is 15.1 Å². The summed E-state index contributed by atoms with van der Waals surface area (Å²) in [5.74, 6) is -1.10. The Kier molecular flexibility index (Phi) is 4.79. The Bertz CT molecular complexity index is 656. The number of nitriles is 1. The number of carboxylic acids is 1.